The SMILES string of the molecule is Nc1ccc(-c2ccc3c(c2F)CNCC=C3c2ccc(F)cc2)nn1. The summed E-state index contributed by atoms with van der Waals surface area (Å²) in [4.78, 5) is 0. The van der Waals surface area contributed by atoms with Crippen LogP contribution in [0.5, 0.6) is 0 Å². The Bertz CT molecular complexity index is 980. The molecule has 0 saturated heterocycles. The molecule has 1 aliphatic heterocycles. The smallest absolute Gasteiger partial charge is 0.146 e. The van der Waals surface area contributed by atoms with E-state index < -0.39 is 0 Å². The van der Waals surface area contributed by atoms with Gasteiger partial charge < -0.3 is 11.1 Å². The van der Waals surface area contributed by atoms with Gasteiger partial charge >= 0.3 is 0 Å². The Hall–Kier alpha value is -3.12. The number of fused-ring (bicyclic) bond motifs is 1. The molecule has 0 spiro atoms. The van der Waals surface area contributed by atoms with Crippen molar-refractivity contribution in [3.8, 4) is 11.3 Å². The highest BCUT2D eigenvalue weighted by molar-refractivity contribution is 5.83. The van der Waals surface area contributed by atoms with Crippen LogP contribution in [0.25, 0.3) is 16.8 Å². The summed E-state index contributed by atoms with van der Waals surface area (Å²) in [5.41, 5.74) is 9.41. The number of nitrogens with two attached hydrogens (primary N) is 1. The number of hydrogen-bond donors (Lipinski definition) is 2. The molecular weight excluding hydrogens is 334 g/mol. The van der Waals surface area contributed by atoms with Crippen molar-refractivity contribution >= 4 is 11.4 Å². The Morgan fingerprint density at radius 3 is 2.38 bits per heavy atom. The van der Waals surface area contributed by atoms with Crippen LogP contribution in [0, 0.1) is 11.6 Å². The topological polar surface area (TPSA) is 63.8 Å². The van der Waals surface area contributed by atoms with E-state index >= 15 is 4.39 Å². The van der Waals surface area contributed by atoms with Crippen molar-refractivity contribution in [2.45, 2.75) is 6.54 Å². The molecular formula is C20H16F2N4. The Morgan fingerprint density at radius 2 is 1.65 bits per heavy atom. The molecule has 1 aliphatic rings. The van der Waals surface area contributed by atoms with E-state index in [9.17, 15) is 4.39 Å². The second-order valence-corrected chi connectivity index (χ2v) is 6.05. The maximum absolute atomic E-state index is 15.2. The fourth-order valence-electron chi connectivity index (χ4n) is 3.11. The third-order valence-electron chi connectivity index (χ3n) is 4.40. The van der Waals surface area contributed by atoms with Crippen LogP contribution < -0.4 is 11.1 Å². The zero-order valence-electron chi connectivity index (χ0n) is 13.8. The maximum atomic E-state index is 15.2. The lowest BCUT2D eigenvalue weighted by Gasteiger charge is -2.14. The van der Waals surface area contributed by atoms with Gasteiger partial charge in [-0.3, -0.25) is 0 Å². The Morgan fingerprint density at radius 1 is 0.885 bits per heavy atom. The first kappa shape index (κ1) is 16.4. The minimum absolute atomic E-state index is 0.284. The van der Waals surface area contributed by atoms with E-state index in [1.807, 2.05) is 12.1 Å². The highest BCUT2D eigenvalue weighted by Crippen LogP contribution is 2.33. The zero-order valence-corrected chi connectivity index (χ0v) is 13.8. The number of benzene rings is 2. The summed E-state index contributed by atoms with van der Waals surface area (Å²) in [5.74, 6) is -0.360. The van der Waals surface area contributed by atoms with Gasteiger partial charge in [-0.05, 0) is 47.0 Å². The molecule has 0 atom stereocenters. The van der Waals surface area contributed by atoms with Gasteiger partial charge in [0.15, 0.2) is 0 Å². The van der Waals surface area contributed by atoms with Crippen molar-refractivity contribution in [3.63, 3.8) is 0 Å². The average molecular weight is 350 g/mol. The van der Waals surface area contributed by atoms with Gasteiger partial charge in [0.25, 0.3) is 0 Å². The van der Waals surface area contributed by atoms with E-state index in [1.165, 1.54) is 12.1 Å². The van der Waals surface area contributed by atoms with Crippen LogP contribution in [-0.4, -0.2) is 16.7 Å². The summed E-state index contributed by atoms with van der Waals surface area (Å²) in [5, 5.41) is 11.0. The number of nitrogens with one attached hydrogen (secondary N) is 1. The van der Waals surface area contributed by atoms with Crippen molar-refractivity contribution in [2.75, 3.05) is 12.3 Å². The third kappa shape index (κ3) is 2.95. The van der Waals surface area contributed by atoms with E-state index in [0.717, 1.165) is 16.7 Å². The standard InChI is InChI=1S/C20H16F2N4/c21-13-3-1-12(2-4-13)14-9-10-24-11-17-15(14)5-6-16(20(17)22)18-7-8-19(23)26-25-18/h1-9,24H,10-11H2,(H2,23,26). The lowest BCUT2D eigenvalue weighted by molar-refractivity contribution is 0.600. The predicted octanol–water partition coefficient (Wildman–Crippen LogP) is 3.54. The van der Waals surface area contributed by atoms with Crippen molar-refractivity contribution in [1.82, 2.24) is 15.5 Å². The van der Waals surface area contributed by atoms with Crippen LogP contribution in [0.4, 0.5) is 14.6 Å². The summed E-state index contributed by atoms with van der Waals surface area (Å²) < 4.78 is 28.5. The number of aromatic nitrogens is 2. The van der Waals surface area contributed by atoms with E-state index in [4.69, 9.17) is 5.73 Å². The second kappa shape index (κ2) is 6.65. The molecule has 3 N–H and O–H groups in total. The van der Waals surface area contributed by atoms with E-state index in [0.29, 0.717) is 29.9 Å². The molecule has 0 bridgehead atoms. The fourth-order valence-corrected chi connectivity index (χ4v) is 3.11. The zero-order chi connectivity index (χ0) is 18.1. The molecule has 0 amide bonds. The molecule has 6 heteroatoms. The van der Waals surface area contributed by atoms with Gasteiger partial charge in [-0.2, -0.15) is 0 Å². The summed E-state index contributed by atoms with van der Waals surface area (Å²) in [6.07, 6.45) is 1.99. The van der Waals surface area contributed by atoms with Gasteiger partial charge in [-0.25, -0.2) is 8.78 Å². The number of rotatable bonds is 2. The molecule has 2 heterocycles. The summed E-state index contributed by atoms with van der Waals surface area (Å²) >= 11 is 0. The predicted molar refractivity (Wildman–Crippen MR) is 97.0 cm³/mol. The Balaban J connectivity index is 1.83. The Labute approximate surface area is 149 Å². The van der Waals surface area contributed by atoms with Crippen LogP contribution in [0.2, 0.25) is 0 Å². The minimum Gasteiger partial charge on any atom is -0.382 e. The lowest BCUT2D eigenvalue weighted by Crippen LogP contribution is -2.13. The number of halogens is 2. The van der Waals surface area contributed by atoms with Crippen molar-refractivity contribution in [2.24, 2.45) is 0 Å². The number of hydrogen-bond acceptors (Lipinski definition) is 4. The van der Waals surface area contributed by atoms with Gasteiger partial charge in [0.05, 0.1) is 5.69 Å². The van der Waals surface area contributed by atoms with Crippen molar-refractivity contribution in [3.05, 3.63) is 82.9 Å². The summed E-state index contributed by atoms with van der Waals surface area (Å²) in [7, 11) is 0. The molecule has 130 valence electrons. The van der Waals surface area contributed by atoms with Gasteiger partial charge in [0.2, 0.25) is 0 Å². The molecule has 0 aliphatic carbocycles. The molecule has 3 aromatic rings. The molecule has 0 saturated carbocycles. The van der Waals surface area contributed by atoms with E-state index in [1.54, 1.807) is 30.3 Å². The molecule has 4 rings (SSSR count). The van der Waals surface area contributed by atoms with Crippen molar-refractivity contribution < 1.29 is 8.78 Å². The number of nitrogens with zero attached hydrogens (tertiary/aromatic N) is 2. The largest absolute Gasteiger partial charge is 0.382 e. The Kier molecular flexibility index (Phi) is 4.18. The highest BCUT2D eigenvalue weighted by Gasteiger charge is 2.20. The number of anilines is 1. The van der Waals surface area contributed by atoms with Gasteiger partial charge in [0, 0.05) is 24.2 Å². The fraction of sp³-hybridized carbons (Fsp3) is 0.100. The molecule has 1 aromatic heterocycles. The first-order valence-electron chi connectivity index (χ1n) is 8.21. The molecule has 0 radical (unpaired) electrons. The van der Waals surface area contributed by atoms with Crippen molar-refractivity contribution in [1.29, 1.82) is 0 Å². The molecule has 0 unspecified atom stereocenters. The molecule has 0 fully saturated rings. The first-order chi connectivity index (χ1) is 12.6. The monoisotopic (exact) mass is 350 g/mol. The summed E-state index contributed by atoms with van der Waals surface area (Å²) in [6.45, 7) is 0.983. The van der Waals surface area contributed by atoms with Gasteiger partial charge in [-0.1, -0.05) is 24.3 Å². The molecule has 2 aromatic carbocycles. The maximum Gasteiger partial charge on any atom is 0.146 e. The van der Waals surface area contributed by atoms with Gasteiger partial charge in [-0.15, -0.1) is 10.2 Å². The van der Waals surface area contributed by atoms with Crippen LogP contribution >= 0.6 is 0 Å². The quantitative estimate of drug-likeness (QED) is 0.742. The van der Waals surface area contributed by atoms with E-state index in [2.05, 4.69) is 15.5 Å². The first-order valence-corrected chi connectivity index (χ1v) is 8.21. The van der Waals surface area contributed by atoms with Crippen LogP contribution in [0.1, 0.15) is 16.7 Å². The minimum atomic E-state index is -0.344. The lowest BCUT2D eigenvalue weighted by atomic mass is 9.92. The van der Waals surface area contributed by atoms with Gasteiger partial charge in [0.1, 0.15) is 17.5 Å². The van der Waals surface area contributed by atoms with Crippen LogP contribution in [-0.2, 0) is 6.54 Å². The number of nitrogen functional groups attached to an aromatic ring is 1. The third-order valence-corrected chi connectivity index (χ3v) is 4.40. The normalized spacial score (nSPS) is 13.7. The van der Waals surface area contributed by atoms with Crippen LogP contribution in [0.3, 0.4) is 0 Å². The highest BCUT2D eigenvalue weighted by atomic mass is 19.1. The van der Waals surface area contributed by atoms with Crippen LogP contribution in [0.15, 0.2) is 54.6 Å². The average Bonchev–Trinajstić information content (AvgIpc) is 2.87. The molecule has 4 nitrogen and oxygen atoms in total. The van der Waals surface area contributed by atoms with E-state index in [-0.39, 0.29) is 17.5 Å². The summed E-state index contributed by atoms with van der Waals surface area (Å²) in [6, 6.07) is 13.0. The molecule has 26 heavy (non-hydrogen) atoms. The second-order valence-electron chi connectivity index (χ2n) is 6.05.